The van der Waals surface area contributed by atoms with Crippen LogP contribution < -0.4 is 0 Å². The third-order valence-electron chi connectivity index (χ3n) is 3.68. The van der Waals surface area contributed by atoms with Crippen LogP contribution in [0.25, 0.3) is 0 Å². The highest BCUT2D eigenvalue weighted by Crippen LogP contribution is 2.29. The van der Waals surface area contributed by atoms with Crippen molar-refractivity contribution >= 4 is 29.0 Å². The van der Waals surface area contributed by atoms with Crippen LogP contribution in [0.2, 0.25) is 10.0 Å². The summed E-state index contributed by atoms with van der Waals surface area (Å²) in [6.07, 6.45) is 8.12. The van der Waals surface area contributed by atoms with Crippen LogP contribution in [0.3, 0.4) is 0 Å². The van der Waals surface area contributed by atoms with Gasteiger partial charge in [0.15, 0.2) is 5.78 Å². The molecule has 1 fully saturated rings. The Kier molecular flexibility index (Phi) is 5.08. The summed E-state index contributed by atoms with van der Waals surface area (Å²) in [6.45, 7) is 0. The molecule has 1 aliphatic rings. The third kappa shape index (κ3) is 3.73. The first-order valence-electron chi connectivity index (χ1n) is 6.65. The second kappa shape index (κ2) is 6.58. The maximum atomic E-state index is 12.2. The lowest BCUT2D eigenvalue weighted by molar-refractivity contribution is 0.0957. The van der Waals surface area contributed by atoms with Crippen LogP contribution in [0.15, 0.2) is 18.2 Å². The average molecular weight is 285 g/mol. The molecule has 1 saturated carbocycles. The van der Waals surface area contributed by atoms with Crippen molar-refractivity contribution < 1.29 is 4.79 Å². The zero-order valence-corrected chi connectivity index (χ0v) is 11.9. The lowest BCUT2D eigenvalue weighted by Gasteiger charge is -2.13. The van der Waals surface area contributed by atoms with Gasteiger partial charge in [-0.05, 0) is 24.1 Å². The molecule has 0 radical (unpaired) electrons. The summed E-state index contributed by atoms with van der Waals surface area (Å²) in [4.78, 5) is 12.2. The molecule has 0 heterocycles. The van der Waals surface area contributed by atoms with E-state index in [9.17, 15) is 4.79 Å². The van der Waals surface area contributed by atoms with Gasteiger partial charge < -0.3 is 0 Å². The zero-order valence-electron chi connectivity index (χ0n) is 10.4. The molecule has 1 aromatic rings. The maximum Gasteiger partial charge on any atom is 0.164 e. The largest absolute Gasteiger partial charge is 0.294 e. The van der Waals surface area contributed by atoms with Gasteiger partial charge in [0.1, 0.15) is 0 Å². The molecule has 0 unspecified atom stereocenters. The minimum absolute atomic E-state index is 0.156. The SMILES string of the molecule is O=C(CC1CCCCCC1)c1ccc(Cl)cc1Cl. The molecule has 0 bridgehead atoms. The molecule has 98 valence electrons. The highest BCUT2D eigenvalue weighted by Gasteiger charge is 2.18. The van der Waals surface area contributed by atoms with Crippen LogP contribution in [0, 0.1) is 5.92 Å². The van der Waals surface area contributed by atoms with E-state index >= 15 is 0 Å². The van der Waals surface area contributed by atoms with E-state index in [-0.39, 0.29) is 5.78 Å². The van der Waals surface area contributed by atoms with Crippen molar-refractivity contribution in [3.05, 3.63) is 33.8 Å². The molecule has 0 amide bonds. The van der Waals surface area contributed by atoms with Crippen molar-refractivity contribution in [2.75, 3.05) is 0 Å². The van der Waals surface area contributed by atoms with E-state index in [4.69, 9.17) is 23.2 Å². The topological polar surface area (TPSA) is 17.1 Å². The first kappa shape index (κ1) is 13.9. The Balaban J connectivity index is 2.02. The predicted molar refractivity (Wildman–Crippen MR) is 76.6 cm³/mol. The van der Waals surface area contributed by atoms with Crippen LogP contribution in [-0.4, -0.2) is 5.78 Å². The third-order valence-corrected chi connectivity index (χ3v) is 4.23. The fourth-order valence-corrected chi connectivity index (χ4v) is 3.17. The monoisotopic (exact) mass is 284 g/mol. The van der Waals surface area contributed by atoms with Crippen LogP contribution in [0.4, 0.5) is 0 Å². The quantitative estimate of drug-likeness (QED) is 0.526. The number of ketones is 1. The van der Waals surface area contributed by atoms with Gasteiger partial charge in [0, 0.05) is 17.0 Å². The number of carbonyl (C=O) groups is 1. The summed E-state index contributed by atoms with van der Waals surface area (Å²) < 4.78 is 0. The fraction of sp³-hybridized carbons (Fsp3) is 0.533. The molecule has 0 spiro atoms. The van der Waals surface area contributed by atoms with Crippen molar-refractivity contribution in [3.63, 3.8) is 0 Å². The highest BCUT2D eigenvalue weighted by atomic mass is 35.5. The van der Waals surface area contributed by atoms with Crippen molar-refractivity contribution in [2.45, 2.75) is 44.9 Å². The van der Waals surface area contributed by atoms with Gasteiger partial charge in [-0.1, -0.05) is 61.7 Å². The van der Waals surface area contributed by atoms with E-state index in [0.29, 0.717) is 27.9 Å². The van der Waals surface area contributed by atoms with E-state index < -0.39 is 0 Å². The number of benzene rings is 1. The second-order valence-electron chi connectivity index (χ2n) is 5.11. The maximum absolute atomic E-state index is 12.2. The van der Waals surface area contributed by atoms with E-state index in [1.807, 2.05) is 0 Å². The summed E-state index contributed by atoms with van der Waals surface area (Å²) in [6, 6.07) is 5.11. The smallest absolute Gasteiger partial charge is 0.164 e. The summed E-state index contributed by atoms with van der Waals surface area (Å²) in [7, 11) is 0. The molecule has 0 N–H and O–H groups in total. The van der Waals surface area contributed by atoms with Crippen LogP contribution in [-0.2, 0) is 0 Å². The molecule has 0 saturated heterocycles. The molecule has 0 aromatic heterocycles. The Bertz CT molecular complexity index is 421. The Hall–Kier alpha value is -0.530. The normalized spacial score (nSPS) is 17.4. The average Bonchev–Trinajstić information content (AvgIpc) is 2.57. The van der Waals surface area contributed by atoms with Gasteiger partial charge in [0.25, 0.3) is 0 Å². The summed E-state index contributed by atoms with van der Waals surface area (Å²) in [5, 5.41) is 1.05. The number of carbonyl (C=O) groups excluding carboxylic acids is 1. The summed E-state index contributed by atoms with van der Waals surface area (Å²) in [5.74, 6) is 0.690. The number of Topliss-reactive ketones (excluding diaryl/α,β-unsaturated/α-hetero) is 1. The van der Waals surface area contributed by atoms with Gasteiger partial charge >= 0.3 is 0 Å². The van der Waals surface area contributed by atoms with Crippen LogP contribution in [0.5, 0.6) is 0 Å². The van der Waals surface area contributed by atoms with E-state index in [0.717, 1.165) is 0 Å². The Labute approximate surface area is 118 Å². The molecule has 2 rings (SSSR count). The first-order chi connectivity index (χ1) is 8.66. The van der Waals surface area contributed by atoms with Crippen molar-refractivity contribution in [3.8, 4) is 0 Å². The minimum Gasteiger partial charge on any atom is -0.294 e. The van der Waals surface area contributed by atoms with Gasteiger partial charge in [-0.3, -0.25) is 4.79 Å². The molecular weight excluding hydrogens is 267 g/mol. The minimum atomic E-state index is 0.156. The lowest BCUT2D eigenvalue weighted by atomic mass is 9.92. The predicted octanol–water partition coefficient (Wildman–Crippen LogP) is 5.54. The zero-order chi connectivity index (χ0) is 13.0. The standard InChI is InChI=1S/C15H18Cl2O/c16-12-7-8-13(14(17)10-12)15(18)9-11-5-3-1-2-4-6-11/h7-8,10-11H,1-6,9H2. The molecule has 3 heteroatoms. The lowest BCUT2D eigenvalue weighted by Crippen LogP contribution is -2.08. The van der Waals surface area contributed by atoms with Crippen molar-refractivity contribution in [1.29, 1.82) is 0 Å². The van der Waals surface area contributed by atoms with Gasteiger partial charge in [0.2, 0.25) is 0 Å². The molecule has 0 atom stereocenters. The van der Waals surface area contributed by atoms with Gasteiger partial charge in [-0.15, -0.1) is 0 Å². The highest BCUT2D eigenvalue weighted by molar-refractivity contribution is 6.36. The molecule has 0 aliphatic heterocycles. The van der Waals surface area contributed by atoms with Crippen LogP contribution in [0.1, 0.15) is 55.3 Å². The van der Waals surface area contributed by atoms with Gasteiger partial charge in [-0.25, -0.2) is 0 Å². The number of rotatable bonds is 3. The Morgan fingerprint density at radius 3 is 2.39 bits per heavy atom. The number of hydrogen-bond acceptors (Lipinski definition) is 1. The first-order valence-corrected chi connectivity index (χ1v) is 7.40. The van der Waals surface area contributed by atoms with Crippen molar-refractivity contribution in [1.82, 2.24) is 0 Å². The Morgan fingerprint density at radius 2 is 1.78 bits per heavy atom. The summed E-state index contributed by atoms with van der Waals surface area (Å²) >= 11 is 11.9. The van der Waals surface area contributed by atoms with Gasteiger partial charge in [-0.2, -0.15) is 0 Å². The molecule has 18 heavy (non-hydrogen) atoms. The van der Waals surface area contributed by atoms with E-state index in [2.05, 4.69) is 0 Å². The van der Waals surface area contributed by atoms with Crippen molar-refractivity contribution in [2.24, 2.45) is 5.92 Å². The molecule has 1 aliphatic carbocycles. The fourth-order valence-electron chi connectivity index (χ4n) is 2.66. The molecule has 1 nitrogen and oxygen atoms in total. The Morgan fingerprint density at radius 1 is 1.11 bits per heavy atom. The van der Waals surface area contributed by atoms with E-state index in [1.54, 1.807) is 18.2 Å². The molecule has 1 aromatic carbocycles. The second-order valence-corrected chi connectivity index (χ2v) is 5.95. The molecular formula is C15H18Cl2O. The van der Waals surface area contributed by atoms with Gasteiger partial charge in [0.05, 0.1) is 5.02 Å². The van der Waals surface area contributed by atoms with Crippen LogP contribution >= 0.6 is 23.2 Å². The number of hydrogen-bond donors (Lipinski definition) is 0. The number of halogens is 2. The van der Waals surface area contributed by atoms with E-state index in [1.165, 1.54) is 38.5 Å². The summed E-state index contributed by atoms with van der Waals surface area (Å²) in [5.41, 5.74) is 0.616.